The minimum atomic E-state index is -0.131. The molecule has 0 aromatic rings. The van der Waals surface area contributed by atoms with E-state index in [0.717, 1.165) is 25.9 Å². The smallest absolute Gasteiger partial charge is 0.305 e. The summed E-state index contributed by atoms with van der Waals surface area (Å²) < 4.78 is 10.2. The van der Waals surface area contributed by atoms with Crippen LogP contribution in [0.4, 0.5) is 0 Å². The van der Waals surface area contributed by atoms with E-state index in [1.54, 1.807) is 6.92 Å². The SMILES string of the molecule is CCCCOCCCOC(=O)CC. The fraction of sp³-hybridized carbons (Fsp3) is 0.900. The van der Waals surface area contributed by atoms with Crippen LogP contribution in [0.25, 0.3) is 0 Å². The molecule has 0 saturated carbocycles. The zero-order chi connectivity index (χ0) is 9.94. The van der Waals surface area contributed by atoms with Gasteiger partial charge in [0.15, 0.2) is 0 Å². The first-order valence-electron chi connectivity index (χ1n) is 5.04. The van der Waals surface area contributed by atoms with Crippen molar-refractivity contribution in [2.45, 2.75) is 39.5 Å². The second kappa shape index (κ2) is 9.52. The van der Waals surface area contributed by atoms with Gasteiger partial charge >= 0.3 is 5.97 Å². The Hall–Kier alpha value is -0.570. The molecule has 0 fully saturated rings. The van der Waals surface area contributed by atoms with Crippen LogP contribution in [0, 0.1) is 0 Å². The lowest BCUT2D eigenvalue weighted by molar-refractivity contribution is -0.143. The van der Waals surface area contributed by atoms with Gasteiger partial charge in [0.05, 0.1) is 6.61 Å². The molecule has 0 spiro atoms. The summed E-state index contributed by atoms with van der Waals surface area (Å²) in [6.07, 6.45) is 3.52. The first kappa shape index (κ1) is 12.4. The molecule has 3 heteroatoms. The number of unbranched alkanes of at least 4 members (excludes halogenated alkanes) is 1. The lowest BCUT2D eigenvalue weighted by Crippen LogP contribution is -2.06. The third-order valence-electron chi connectivity index (χ3n) is 1.63. The molecule has 0 unspecified atom stereocenters. The first-order chi connectivity index (χ1) is 6.31. The van der Waals surface area contributed by atoms with Crippen molar-refractivity contribution in [2.24, 2.45) is 0 Å². The predicted molar refractivity (Wildman–Crippen MR) is 51.6 cm³/mol. The maximum Gasteiger partial charge on any atom is 0.305 e. The van der Waals surface area contributed by atoms with E-state index in [1.165, 1.54) is 0 Å². The summed E-state index contributed by atoms with van der Waals surface area (Å²) in [5.74, 6) is -0.131. The molecular formula is C10H20O3. The normalized spacial score (nSPS) is 10.0. The molecule has 0 aromatic carbocycles. The minimum Gasteiger partial charge on any atom is -0.466 e. The second-order valence-corrected chi connectivity index (χ2v) is 2.89. The number of rotatable bonds is 8. The van der Waals surface area contributed by atoms with Gasteiger partial charge in [-0.25, -0.2) is 0 Å². The maximum atomic E-state index is 10.7. The van der Waals surface area contributed by atoms with Crippen molar-refractivity contribution in [1.82, 2.24) is 0 Å². The number of esters is 1. The van der Waals surface area contributed by atoms with Gasteiger partial charge in [-0.2, -0.15) is 0 Å². The monoisotopic (exact) mass is 188 g/mol. The van der Waals surface area contributed by atoms with Crippen molar-refractivity contribution in [3.63, 3.8) is 0 Å². The number of carbonyl (C=O) groups is 1. The van der Waals surface area contributed by atoms with Crippen molar-refractivity contribution < 1.29 is 14.3 Å². The minimum absolute atomic E-state index is 0.131. The molecule has 0 aliphatic rings. The van der Waals surface area contributed by atoms with Crippen LogP contribution in [-0.2, 0) is 14.3 Å². The number of carbonyl (C=O) groups excluding carboxylic acids is 1. The molecule has 78 valence electrons. The van der Waals surface area contributed by atoms with E-state index in [0.29, 0.717) is 19.6 Å². The Balaban J connectivity index is 2.95. The quantitative estimate of drug-likeness (QED) is 0.432. The number of ether oxygens (including phenoxy) is 2. The lowest BCUT2D eigenvalue weighted by atomic mass is 10.4. The average Bonchev–Trinajstić information content (AvgIpc) is 2.16. The third kappa shape index (κ3) is 9.34. The fourth-order valence-electron chi connectivity index (χ4n) is 0.798. The van der Waals surface area contributed by atoms with Gasteiger partial charge < -0.3 is 9.47 Å². The van der Waals surface area contributed by atoms with Gasteiger partial charge in [-0.1, -0.05) is 20.3 Å². The van der Waals surface area contributed by atoms with E-state index in [-0.39, 0.29) is 5.97 Å². The Labute approximate surface area is 80.4 Å². The number of hydrogen-bond acceptors (Lipinski definition) is 3. The van der Waals surface area contributed by atoms with Crippen LogP contribution in [0.15, 0.2) is 0 Å². The van der Waals surface area contributed by atoms with Crippen LogP contribution in [0.1, 0.15) is 39.5 Å². The Bertz CT molecular complexity index is 123. The summed E-state index contributed by atoms with van der Waals surface area (Å²) in [7, 11) is 0. The second-order valence-electron chi connectivity index (χ2n) is 2.89. The lowest BCUT2D eigenvalue weighted by Gasteiger charge is -2.04. The van der Waals surface area contributed by atoms with Crippen LogP contribution >= 0.6 is 0 Å². The molecule has 0 atom stereocenters. The molecular weight excluding hydrogens is 168 g/mol. The van der Waals surface area contributed by atoms with E-state index in [4.69, 9.17) is 9.47 Å². The van der Waals surface area contributed by atoms with Crippen LogP contribution in [0.5, 0.6) is 0 Å². The summed E-state index contributed by atoms with van der Waals surface area (Å²) in [5, 5.41) is 0. The van der Waals surface area contributed by atoms with Crippen LogP contribution in [0.2, 0.25) is 0 Å². The zero-order valence-electron chi connectivity index (χ0n) is 8.67. The zero-order valence-corrected chi connectivity index (χ0v) is 8.67. The molecule has 13 heavy (non-hydrogen) atoms. The van der Waals surface area contributed by atoms with E-state index in [9.17, 15) is 4.79 Å². The molecule has 0 aromatic heterocycles. The molecule has 3 nitrogen and oxygen atoms in total. The van der Waals surface area contributed by atoms with Crippen LogP contribution in [-0.4, -0.2) is 25.8 Å². The summed E-state index contributed by atoms with van der Waals surface area (Å²) >= 11 is 0. The van der Waals surface area contributed by atoms with Crippen molar-refractivity contribution >= 4 is 5.97 Å². The predicted octanol–water partition coefficient (Wildman–Crippen LogP) is 2.15. The van der Waals surface area contributed by atoms with Gasteiger partial charge in [-0.05, 0) is 6.42 Å². The van der Waals surface area contributed by atoms with Crippen LogP contribution < -0.4 is 0 Å². The van der Waals surface area contributed by atoms with Crippen molar-refractivity contribution in [3.05, 3.63) is 0 Å². The number of hydrogen-bond donors (Lipinski definition) is 0. The average molecular weight is 188 g/mol. The molecule has 0 aliphatic carbocycles. The van der Waals surface area contributed by atoms with Crippen LogP contribution in [0.3, 0.4) is 0 Å². The first-order valence-corrected chi connectivity index (χ1v) is 5.04. The van der Waals surface area contributed by atoms with Gasteiger partial charge in [0.2, 0.25) is 0 Å². The molecule has 0 saturated heterocycles. The topological polar surface area (TPSA) is 35.5 Å². The maximum absolute atomic E-state index is 10.7. The summed E-state index contributed by atoms with van der Waals surface area (Å²) in [6, 6.07) is 0. The molecule has 0 bridgehead atoms. The van der Waals surface area contributed by atoms with E-state index in [2.05, 4.69) is 6.92 Å². The van der Waals surface area contributed by atoms with E-state index >= 15 is 0 Å². The molecule has 0 N–H and O–H groups in total. The van der Waals surface area contributed by atoms with Gasteiger partial charge in [0.1, 0.15) is 0 Å². The summed E-state index contributed by atoms with van der Waals surface area (Å²) in [6.45, 7) is 5.92. The van der Waals surface area contributed by atoms with Gasteiger partial charge in [-0.3, -0.25) is 4.79 Å². The molecule has 0 aliphatic heterocycles. The highest BCUT2D eigenvalue weighted by Gasteiger charge is 1.96. The van der Waals surface area contributed by atoms with Gasteiger partial charge in [-0.15, -0.1) is 0 Å². The standard InChI is InChI=1S/C10H20O3/c1-3-5-7-12-8-6-9-13-10(11)4-2/h3-9H2,1-2H3. The summed E-state index contributed by atoms with van der Waals surface area (Å²) in [5.41, 5.74) is 0. The van der Waals surface area contributed by atoms with Gasteiger partial charge in [0.25, 0.3) is 0 Å². The highest BCUT2D eigenvalue weighted by atomic mass is 16.5. The fourth-order valence-corrected chi connectivity index (χ4v) is 0.798. The van der Waals surface area contributed by atoms with E-state index in [1.807, 2.05) is 0 Å². The third-order valence-corrected chi connectivity index (χ3v) is 1.63. The van der Waals surface area contributed by atoms with Crippen molar-refractivity contribution in [2.75, 3.05) is 19.8 Å². The van der Waals surface area contributed by atoms with Crippen molar-refractivity contribution in [3.8, 4) is 0 Å². The Morgan fingerprint density at radius 1 is 1.08 bits per heavy atom. The molecule has 0 radical (unpaired) electrons. The summed E-state index contributed by atoms with van der Waals surface area (Å²) in [4.78, 5) is 10.7. The largest absolute Gasteiger partial charge is 0.466 e. The highest BCUT2D eigenvalue weighted by Crippen LogP contribution is 1.91. The molecule has 0 heterocycles. The Morgan fingerprint density at radius 3 is 2.38 bits per heavy atom. The highest BCUT2D eigenvalue weighted by molar-refractivity contribution is 5.68. The Morgan fingerprint density at radius 2 is 1.77 bits per heavy atom. The molecule has 0 amide bonds. The Kier molecular flexibility index (Phi) is 9.10. The molecule has 0 rings (SSSR count). The van der Waals surface area contributed by atoms with E-state index < -0.39 is 0 Å². The van der Waals surface area contributed by atoms with Crippen molar-refractivity contribution in [1.29, 1.82) is 0 Å². The van der Waals surface area contributed by atoms with Gasteiger partial charge in [0, 0.05) is 26.1 Å².